The first-order chi connectivity index (χ1) is 8.86. The number of para-hydroxylation sites is 2. The van der Waals surface area contributed by atoms with Gasteiger partial charge in [-0.15, -0.1) is 0 Å². The Hall–Kier alpha value is -1.26. The quantitative estimate of drug-likeness (QED) is 0.771. The summed E-state index contributed by atoms with van der Waals surface area (Å²) in [4.78, 5) is 0. The first kappa shape index (κ1) is 13.2. The van der Waals surface area contributed by atoms with E-state index < -0.39 is 0 Å². The van der Waals surface area contributed by atoms with Gasteiger partial charge in [0.05, 0.1) is 11.4 Å². The Morgan fingerprint density at radius 1 is 0.667 bits per heavy atom. The highest BCUT2D eigenvalue weighted by Gasteiger charge is 2.08. The standard InChI is InChI=1S/C14H16N2S2/c1-17-15-13-9-5-3-7-11(13)12-8-4-6-10-14(12)16-18-2/h3-10,15-16H,1-2H3. The van der Waals surface area contributed by atoms with Crippen molar-refractivity contribution < 1.29 is 0 Å². The third kappa shape index (κ3) is 2.94. The van der Waals surface area contributed by atoms with Crippen LogP contribution in [-0.4, -0.2) is 12.5 Å². The van der Waals surface area contributed by atoms with Crippen LogP contribution in [0.5, 0.6) is 0 Å². The monoisotopic (exact) mass is 276 g/mol. The predicted octanol–water partition coefficient (Wildman–Crippen LogP) is 4.73. The zero-order valence-corrected chi connectivity index (χ0v) is 12.1. The summed E-state index contributed by atoms with van der Waals surface area (Å²) in [5.41, 5.74) is 4.70. The summed E-state index contributed by atoms with van der Waals surface area (Å²) < 4.78 is 6.65. The van der Waals surface area contributed by atoms with E-state index in [2.05, 4.69) is 45.8 Å². The van der Waals surface area contributed by atoms with Gasteiger partial charge in [0.25, 0.3) is 0 Å². The third-order valence-electron chi connectivity index (χ3n) is 2.57. The molecule has 0 atom stereocenters. The van der Waals surface area contributed by atoms with Gasteiger partial charge in [0, 0.05) is 23.6 Å². The lowest BCUT2D eigenvalue weighted by Gasteiger charge is -2.14. The van der Waals surface area contributed by atoms with E-state index in [9.17, 15) is 0 Å². The minimum Gasteiger partial charge on any atom is -0.329 e. The Labute approximate surface area is 117 Å². The van der Waals surface area contributed by atoms with Crippen molar-refractivity contribution in [2.45, 2.75) is 0 Å². The van der Waals surface area contributed by atoms with Crippen molar-refractivity contribution in [3.8, 4) is 11.1 Å². The average molecular weight is 276 g/mol. The molecule has 0 amide bonds. The normalized spacial score (nSPS) is 10.1. The maximum absolute atomic E-state index is 3.33. The molecule has 0 aliphatic carbocycles. The number of hydrogen-bond donors (Lipinski definition) is 2. The SMILES string of the molecule is CSNc1ccccc1-c1ccccc1NSC. The minimum atomic E-state index is 1.14. The Balaban J connectivity index is 2.47. The number of hydrogen-bond acceptors (Lipinski definition) is 4. The second-order valence-corrected chi connectivity index (χ2v) is 4.93. The summed E-state index contributed by atoms with van der Waals surface area (Å²) in [6.45, 7) is 0. The van der Waals surface area contributed by atoms with Crippen molar-refractivity contribution in [2.75, 3.05) is 22.0 Å². The lowest BCUT2D eigenvalue weighted by Crippen LogP contribution is -1.93. The van der Waals surface area contributed by atoms with Crippen LogP contribution in [0, 0.1) is 0 Å². The van der Waals surface area contributed by atoms with Gasteiger partial charge in [-0.3, -0.25) is 0 Å². The summed E-state index contributed by atoms with van der Waals surface area (Å²) in [6.07, 6.45) is 4.06. The van der Waals surface area contributed by atoms with E-state index in [1.807, 2.05) is 24.6 Å². The molecule has 4 heteroatoms. The van der Waals surface area contributed by atoms with Gasteiger partial charge in [-0.2, -0.15) is 0 Å². The van der Waals surface area contributed by atoms with E-state index in [0.29, 0.717) is 0 Å². The van der Waals surface area contributed by atoms with Gasteiger partial charge in [-0.1, -0.05) is 60.3 Å². The van der Waals surface area contributed by atoms with Gasteiger partial charge in [0.2, 0.25) is 0 Å². The molecule has 0 spiro atoms. The average Bonchev–Trinajstić information content (AvgIpc) is 2.41. The van der Waals surface area contributed by atoms with E-state index in [0.717, 1.165) is 11.4 Å². The molecule has 0 heterocycles. The van der Waals surface area contributed by atoms with Crippen molar-refractivity contribution in [1.29, 1.82) is 0 Å². The fourth-order valence-corrected chi connectivity index (χ4v) is 2.63. The second-order valence-electron chi connectivity index (χ2n) is 3.70. The molecule has 0 saturated carbocycles. The van der Waals surface area contributed by atoms with Crippen LogP contribution in [0.25, 0.3) is 11.1 Å². The zero-order chi connectivity index (χ0) is 12.8. The topological polar surface area (TPSA) is 24.1 Å². The molecule has 0 unspecified atom stereocenters. The molecule has 0 saturated heterocycles. The van der Waals surface area contributed by atoms with E-state index in [1.165, 1.54) is 11.1 Å². The molecule has 2 rings (SSSR count). The van der Waals surface area contributed by atoms with E-state index in [1.54, 1.807) is 23.9 Å². The van der Waals surface area contributed by atoms with Crippen molar-refractivity contribution in [3.05, 3.63) is 48.5 Å². The Morgan fingerprint density at radius 2 is 1.06 bits per heavy atom. The molecule has 0 aliphatic heterocycles. The smallest absolute Gasteiger partial charge is 0.0519 e. The molecule has 18 heavy (non-hydrogen) atoms. The van der Waals surface area contributed by atoms with Crippen LogP contribution in [0.1, 0.15) is 0 Å². The summed E-state index contributed by atoms with van der Waals surface area (Å²) in [5.74, 6) is 0. The molecule has 0 bridgehead atoms. The Morgan fingerprint density at radius 3 is 1.44 bits per heavy atom. The molecule has 0 aromatic heterocycles. The molecule has 2 aromatic carbocycles. The highest BCUT2D eigenvalue weighted by Crippen LogP contribution is 2.34. The number of anilines is 2. The Kier molecular flexibility index (Phi) is 4.84. The van der Waals surface area contributed by atoms with Crippen LogP contribution >= 0.6 is 23.9 Å². The fourth-order valence-electron chi connectivity index (χ4n) is 1.83. The first-order valence-electron chi connectivity index (χ1n) is 5.63. The molecular weight excluding hydrogens is 260 g/mol. The van der Waals surface area contributed by atoms with E-state index in [-0.39, 0.29) is 0 Å². The highest BCUT2D eigenvalue weighted by molar-refractivity contribution is 8.00. The van der Waals surface area contributed by atoms with E-state index >= 15 is 0 Å². The van der Waals surface area contributed by atoms with Crippen LogP contribution in [0.15, 0.2) is 48.5 Å². The van der Waals surface area contributed by atoms with Crippen molar-refractivity contribution in [3.63, 3.8) is 0 Å². The zero-order valence-electron chi connectivity index (χ0n) is 10.4. The first-order valence-corrected chi connectivity index (χ1v) is 8.08. The maximum atomic E-state index is 3.33. The van der Waals surface area contributed by atoms with Gasteiger partial charge >= 0.3 is 0 Å². The summed E-state index contributed by atoms with van der Waals surface area (Å²) >= 11 is 3.21. The van der Waals surface area contributed by atoms with Gasteiger partial charge < -0.3 is 9.44 Å². The van der Waals surface area contributed by atoms with Crippen LogP contribution < -0.4 is 9.44 Å². The summed E-state index contributed by atoms with van der Waals surface area (Å²) in [6, 6.07) is 16.7. The predicted molar refractivity (Wildman–Crippen MR) is 86.2 cm³/mol. The molecule has 0 fully saturated rings. The molecule has 2 aromatic rings. The lowest BCUT2D eigenvalue weighted by molar-refractivity contribution is 1.60. The van der Waals surface area contributed by atoms with Gasteiger partial charge in [0.1, 0.15) is 0 Å². The lowest BCUT2D eigenvalue weighted by atomic mass is 10.0. The minimum absolute atomic E-state index is 1.14. The van der Waals surface area contributed by atoms with Crippen molar-refractivity contribution in [1.82, 2.24) is 0 Å². The van der Waals surface area contributed by atoms with Gasteiger partial charge in [-0.05, 0) is 12.1 Å². The molecule has 94 valence electrons. The van der Waals surface area contributed by atoms with Crippen molar-refractivity contribution >= 4 is 35.3 Å². The van der Waals surface area contributed by atoms with Crippen LogP contribution in [0.3, 0.4) is 0 Å². The van der Waals surface area contributed by atoms with E-state index in [4.69, 9.17) is 0 Å². The molecule has 0 aliphatic rings. The molecule has 2 nitrogen and oxygen atoms in total. The molecule has 2 N–H and O–H groups in total. The summed E-state index contributed by atoms with van der Waals surface area (Å²) in [5, 5.41) is 0. The number of nitrogens with one attached hydrogen (secondary N) is 2. The summed E-state index contributed by atoms with van der Waals surface area (Å²) in [7, 11) is 0. The molecular formula is C14H16N2S2. The highest BCUT2D eigenvalue weighted by atomic mass is 32.2. The van der Waals surface area contributed by atoms with Gasteiger partial charge in [0.15, 0.2) is 0 Å². The van der Waals surface area contributed by atoms with Crippen LogP contribution in [0.2, 0.25) is 0 Å². The molecule has 0 radical (unpaired) electrons. The largest absolute Gasteiger partial charge is 0.329 e. The second kappa shape index (κ2) is 6.61. The maximum Gasteiger partial charge on any atom is 0.0519 e. The Bertz CT molecular complexity index is 467. The van der Waals surface area contributed by atoms with Crippen LogP contribution in [0.4, 0.5) is 11.4 Å². The number of benzene rings is 2. The van der Waals surface area contributed by atoms with Crippen LogP contribution in [-0.2, 0) is 0 Å². The van der Waals surface area contributed by atoms with Crippen molar-refractivity contribution in [2.24, 2.45) is 0 Å². The van der Waals surface area contributed by atoms with Gasteiger partial charge in [-0.25, -0.2) is 0 Å². The fraction of sp³-hybridized carbons (Fsp3) is 0.143. The third-order valence-corrected chi connectivity index (χ3v) is 3.42. The number of rotatable bonds is 5.